The van der Waals surface area contributed by atoms with Crippen LogP contribution in [0.2, 0.25) is 0 Å². The summed E-state index contributed by atoms with van der Waals surface area (Å²) in [6.07, 6.45) is 4.51. The van der Waals surface area contributed by atoms with Crippen LogP contribution in [0, 0.1) is 0 Å². The SMILES string of the molecule is CCc1ccncc1-c1csc(-c2ccc(S(N)(=O)=O)cc2)n1. The van der Waals surface area contributed by atoms with Crippen LogP contribution < -0.4 is 5.14 Å². The summed E-state index contributed by atoms with van der Waals surface area (Å²) in [5.41, 5.74) is 3.96. The van der Waals surface area contributed by atoms with Crippen LogP contribution in [-0.4, -0.2) is 18.4 Å². The fourth-order valence-corrected chi connectivity index (χ4v) is 3.62. The molecule has 0 unspecified atom stereocenters. The van der Waals surface area contributed by atoms with Gasteiger partial charge in [-0.05, 0) is 30.2 Å². The highest BCUT2D eigenvalue weighted by Crippen LogP contribution is 2.30. The number of aryl methyl sites for hydroxylation is 1. The second kappa shape index (κ2) is 6.19. The number of primary sulfonamides is 1. The lowest BCUT2D eigenvalue weighted by Crippen LogP contribution is -2.11. The molecule has 2 N–H and O–H groups in total. The van der Waals surface area contributed by atoms with E-state index in [1.54, 1.807) is 18.3 Å². The van der Waals surface area contributed by atoms with Gasteiger partial charge in [0.05, 0.1) is 10.6 Å². The molecule has 2 heterocycles. The highest BCUT2D eigenvalue weighted by Gasteiger charge is 2.11. The van der Waals surface area contributed by atoms with Gasteiger partial charge in [-0.25, -0.2) is 18.5 Å². The van der Waals surface area contributed by atoms with Crippen molar-refractivity contribution in [2.24, 2.45) is 5.14 Å². The number of aromatic nitrogens is 2. The third-order valence-corrected chi connectivity index (χ3v) is 5.32. The van der Waals surface area contributed by atoms with E-state index in [9.17, 15) is 8.42 Å². The minimum atomic E-state index is -3.67. The fourth-order valence-electron chi connectivity index (χ4n) is 2.28. The molecule has 0 saturated carbocycles. The number of nitrogens with zero attached hydrogens (tertiary/aromatic N) is 2. The van der Waals surface area contributed by atoms with Crippen molar-refractivity contribution in [1.29, 1.82) is 0 Å². The van der Waals surface area contributed by atoms with Crippen LogP contribution >= 0.6 is 11.3 Å². The normalized spacial score (nSPS) is 11.6. The molecule has 7 heteroatoms. The van der Waals surface area contributed by atoms with Crippen LogP contribution in [0.1, 0.15) is 12.5 Å². The molecular weight excluding hydrogens is 330 g/mol. The minimum Gasteiger partial charge on any atom is -0.264 e. The zero-order valence-electron chi connectivity index (χ0n) is 12.4. The first-order valence-electron chi connectivity index (χ1n) is 7.01. The van der Waals surface area contributed by atoms with Gasteiger partial charge in [0.2, 0.25) is 10.0 Å². The summed E-state index contributed by atoms with van der Waals surface area (Å²) in [7, 11) is -3.67. The Balaban J connectivity index is 1.96. The van der Waals surface area contributed by atoms with Gasteiger partial charge in [-0.15, -0.1) is 11.3 Å². The van der Waals surface area contributed by atoms with Crippen molar-refractivity contribution in [3.05, 3.63) is 53.7 Å². The van der Waals surface area contributed by atoms with Crippen LogP contribution in [0.5, 0.6) is 0 Å². The molecule has 0 atom stereocenters. The zero-order chi connectivity index (χ0) is 16.4. The summed E-state index contributed by atoms with van der Waals surface area (Å²) in [4.78, 5) is 8.92. The Morgan fingerprint density at radius 3 is 2.57 bits per heavy atom. The van der Waals surface area contributed by atoms with Gasteiger partial charge in [0.25, 0.3) is 0 Å². The van der Waals surface area contributed by atoms with Crippen molar-refractivity contribution in [2.75, 3.05) is 0 Å². The van der Waals surface area contributed by atoms with Gasteiger partial charge in [-0.3, -0.25) is 4.98 Å². The average molecular weight is 345 g/mol. The maximum atomic E-state index is 11.3. The number of rotatable bonds is 4. The Kier molecular flexibility index (Phi) is 4.25. The van der Waals surface area contributed by atoms with Crippen LogP contribution in [0.25, 0.3) is 21.8 Å². The third-order valence-electron chi connectivity index (χ3n) is 3.50. The maximum absolute atomic E-state index is 11.3. The molecule has 0 radical (unpaired) electrons. The van der Waals surface area contributed by atoms with E-state index in [2.05, 4.69) is 16.9 Å². The first kappa shape index (κ1) is 15.8. The zero-order valence-corrected chi connectivity index (χ0v) is 14.1. The van der Waals surface area contributed by atoms with Gasteiger partial charge >= 0.3 is 0 Å². The Hall–Kier alpha value is -2.09. The molecule has 0 fully saturated rings. The molecule has 1 aromatic carbocycles. The Morgan fingerprint density at radius 2 is 1.91 bits per heavy atom. The van der Waals surface area contributed by atoms with E-state index in [0.29, 0.717) is 0 Å². The van der Waals surface area contributed by atoms with Crippen molar-refractivity contribution in [2.45, 2.75) is 18.2 Å². The molecule has 0 aliphatic rings. The quantitative estimate of drug-likeness (QED) is 0.787. The van der Waals surface area contributed by atoms with Crippen molar-refractivity contribution < 1.29 is 8.42 Å². The first-order valence-corrected chi connectivity index (χ1v) is 9.43. The summed E-state index contributed by atoms with van der Waals surface area (Å²) in [5.74, 6) is 0. The molecule has 118 valence electrons. The van der Waals surface area contributed by atoms with Crippen LogP contribution in [-0.2, 0) is 16.4 Å². The summed E-state index contributed by atoms with van der Waals surface area (Å²) in [5, 5.41) is 7.92. The molecule has 23 heavy (non-hydrogen) atoms. The highest BCUT2D eigenvalue weighted by molar-refractivity contribution is 7.89. The topological polar surface area (TPSA) is 85.9 Å². The summed E-state index contributed by atoms with van der Waals surface area (Å²) in [6, 6.07) is 8.41. The van der Waals surface area contributed by atoms with Crippen molar-refractivity contribution in [3.8, 4) is 21.8 Å². The lowest BCUT2D eigenvalue weighted by Gasteiger charge is -2.03. The predicted molar refractivity (Wildman–Crippen MR) is 91.5 cm³/mol. The molecule has 0 aliphatic heterocycles. The standard InChI is InChI=1S/C16H15N3O2S2/c1-2-11-7-8-18-9-14(11)15-10-22-16(19-15)12-3-5-13(6-4-12)23(17,20)21/h3-10H,2H2,1H3,(H2,17,20,21). The van der Waals surface area contributed by atoms with E-state index < -0.39 is 10.0 Å². The second-order valence-corrected chi connectivity index (χ2v) is 7.41. The van der Waals surface area contributed by atoms with E-state index in [1.165, 1.54) is 29.0 Å². The minimum absolute atomic E-state index is 0.0959. The van der Waals surface area contributed by atoms with Gasteiger partial charge in [0, 0.05) is 28.9 Å². The second-order valence-electron chi connectivity index (χ2n) is 4.99. The maximum Gasteiger partial charge on any atom is 0.238 e. The van der Waals surface area contributed by atoms with E-state index in [-0.39, 0.29) is 4.90 Å². The predicted octanol–water partition coefficient (Wildman–Crippen LogP) is 3.08. The van der Waals surface area contributed by atoms with Gasteiger partial charge in [-0.1, -0.05) is 19.1 Å². The smallest absolute Gasteiger partial charge is 0.238 e. The number of nitrogens with two attached hydrogens (primary N) is 1. The van der Waals surface area contributed by atoms with E-state index in [4.69, 9.17) is 5.14 Å². The summed E-state index contributed by atoms with van der Waals surface area (Å²) < 4.78 is 22.6. The lowest BCUT2D eigenvalue weighted by molar-refractivity contribution is 0.598. The number of benzene rings is 1. The van der Waals surface area contributed by atoms with Crippen LogP contribution in [0.3, 0.4) is 0 Å². The summed E-state index contributed by atoms with van der Waals surface area (Å²) >= 11 is 1.51. The first-order chi connectivity index (χ1) is 11.0. The molecule has 0 amide bonds. The molecule has 5 nitrogen and oxygen atoms in total. The molecule has 0 spiro atoms. The molecule has 2 aromatic heterocycles. The van der Waals surface area contributed by atoms with Gasteiger partial charge in [-0.2, -0.15) is 0 Å². The van der Waals surface area contributed by atoms with Gasteiger partial charge in [0.15, 0.2) is 0 Å². The van der Waals surface area contributed by atoms with E-state index in [1.807, 2.05) is 17.6 Å². The van der Waals surface area contributed by atoms with Crippen molar-refractivity contribution >= 4 is 21.4 Å². The number of thiazole rings is 1. The average Bonchev–Trinajstić information content (AvgIpc) is 3.04. The number of sulfonamides is 1. The molecule has 0 saturated heterocycles. The van der Waals surface area contributed by atoms with E-state index >= 15 is 0 Å². The molecule has 3 aromatic rings. The fraction of sp³-hybridized carbons (Fsp3) is 0.125. The number of hydrogen-bond donors (Lipinski definition) is 1. The van der Waals surface area contributed by atoms with E-state index in [0.717, 1.165) is 28.2 Å². The molecule has 0 bridgehead atoms. The Bertz CT molecular complexity index is 932. The molecule has 3 rings (SSSR count). The largest absolute Gasteiger partial charge is 0.264 e. The van der Waals surface area contributed by atoms with Gasteiger partial charge in [0.1, 0.15) is 5.01 Å². The summed E-state index contributed by atoms with van der Waals surface area (Å²) in [6.45, 7) is 2.10. The monoisotopic (exact) mass is 345 g/mol. The Morgan fingerprint density at radius 1 is 1.17 bits per heavy atom. The third kappa shape index (κ3) is 3.31. The Labute approximate surface area is 138 Å². The van der Waals surface area contributed by atoms with Crippen molar-refractivity contribution in [3.63, 3.8) is 0 Å². The van der Waals surface area contributed by atoms with Gasteiger partial charge < -0.3 is 0 Å². The number of hydrogen-bond acceptors (Lipinski definition) is 5. The van der Waals surface area contributed by atoms with Crippen LogP contribution in [0.15, 0.2) is 53.0 Å². The highest BCUT2D eigenvalue weighted by atomic mass is 32.2. The van der Waals surface area contributed by atoms with Crippen molar-refractivity contribution in [1.82, 2.24) is 9.97 Å². The van der Waals surface area contributed by atoms with Crippen LogP contribution in [0.4, 0.5) is 0 Å². The molecule has 0 aliphatic carbocycles. The number of pyridine rings is 1. The lowest BCUT2D eigenvalue weighted by atomic mass is 10.1. The molecular formula is C16H15N3O2S2.